The van der Waals surface area contributed by atoms with Crippen LogP contribution in [0.4, 0.5) is 4.79 Å². The summed E-state index contributed by atoms with van der Waals surface area (Å²) in [5.41, 5.74) is 0.623. The predicted octanol–water partition coefficient (Wildman–Crippen LogP) is 2.48. The SMILES string of the molecule is O=C(CCCCC1SCC2NC(=O)NC21)NCCCCCCNC(=O)COC1=CC(=O)c2ccccc2C1=O. The molecule has 210 valence electrons. The van der Waals surface area contributed by atoms with Crippen LogP contribution in [0.25, 0.3) is 0 Å². The number of carbonyl (C=O) groups is 5. The number of nitrogens with one attached hydrogen (secondary N) is 4. The van der Waals surface area contributed by atoms with Gasteiger partial charge in [0, 0.05) is 47.7 Å². The summed E-state index contributed by atoms with van der Waals surface area (Å²) in [6.07, 6.45) is 8.01. The molecule has 0 bridgehead atoms. The van der Waals surface area contributed by atoms with Gasteiger partial charge in [0.25, 0.3) is 5.91 Å². The average molecular weight is 557 g/mol. The number of Topliss-reactive ketones (excluding diaryl/α,β-unsaturated/α-hetero) is 1. The van der Waals surface area contributed by atoms with Crippen LogP contribution in [-0.4, -0.2) is 72.2 Å². The van der Waals surface area contributed by atoms with Gasteiger partial charge in [0.15, 0.2) is 18.1 Å². The Bertz CT molecular complexity index is 1120. The van der Waals surface area contributed by atoms with Crippen LogP contribution in [0.5, 0.6) is 0 Å². The maximum absolute atomic E-state index is 12.4. The zero-order valence-corrected chi connectivity index (χ0v) is 22.8. The van der Waals surface area contributed by atoms with Crippen molar-refractivity contribution in [2.75, 3.05) is 25.4 Å². The Morgan fingerprint density at radius 2 is 1.62 bits per heavy atom. The summed E-state index contributed by atoms with van der Waals surface area (Å²) >= 11 is 1.90. The molecular formula is C28H36N4O6S. The smallest absolute Gasteiger partial charge is 0.315 e. The van der Waals surface area contributed by atoms with Gasteiger partial charge in [-0.05, 0) is 25.7 Å². The molecule has 0 spiro atoms. The predicted molar refractivity (Wildman–Crippen MR) is 148 cm³/mol. The third-order valence-electron chi connectivity index (χ3n) is 7.11. The largest absolute Gasteiger partial charge is 0.480 e. The number of carbonyl (C=O) groups excluding carboxylic acids is 5. The number of ether oxygens (including phenoxy) is 1. The van der Waals surface area contributed by atoms with Gasteiger partial charge < -0.3 is 26.0 Å². The van der Waals surface area contributed by atoms with Crippen molar-refractivity contribution in [3.8, 4) is 0 Å². The number of unbranched alkanes of at least 4 members (excludes halogenated alkanes) is 4. The Morgan fingerprint density at radius 1 is 0.897 bits per heavy atom. The molecule has 2 heterocycles. The van der Waals surface area contributed by atoms with Gasteiger partial charge in [-0.3, -0.25) is 19.2 Å². The molecule has 10 nitrogen and oxygen atoms in total. The first-order valence-electron chi connectivity index (χ1n) is 13.7. The van der Waals surface area contributed by atoms with E-state index in [0.29, 0.717) is 30.3 Å². The number of rotatable bonds is 15. The van der Waals surface area contributed by atoms with E-state index >= 15 is 0 Å². The van der Waals surface area contributed by atoms with Crippen molar-refractivity contribution in [2.45, 2.75) is 68.7 Å². The fourth-order valence-electron chi connectivity index (χ4n) is 5.01. The minimum absolute atomic E-state index is 0.0672. The van der Waals surface area contributed by atoms with Crippen LogP contribution in [0.3, 0.4) is 0 Å². The highest BCUT2D eigenvalue weighted by atomic mass is 32.2. The molecule has 2 saturated heterocycles. The highest BCUT2D eigenvalue weighted by Gasteiger charge is 2.42. The molecule has 1 aromatic carbocycles. The van der Waals surface area contributed by atoms with E-state index in [0.717, 1.165) is 56.8 Å². The number of benzene rings is 1. The van der Waals surface area contributed by atoms with Crippen molar-refractivity contribution in [3.05, 3.63) is 47.2 Å². The van der Waals surface area contributed by atoms with Crippen LogP contribution in [0.2, 0.25) is 0 Å². The van der Waals surface area contributed by atoms with E-state index in [9.17, 15) is 24.0 Å². The second-order valence-electron chi connectivity index (χ2n) is 10.0. The minimum Gasteiger partial charge on any atom is -0.480 e. The monoisotopic (exact) mass is 556 g/mol. The van der Waals surface area contributed by atoms with Crippen LogP contribution in [0.1, 0.15) is 72.1 Å². The van der Waals surface area contributed by atoms with E-state index in [2.05, 4.69) is 21.3 Å². The van der Waals surface area contributed by atoms with E-state index < -0.39 is 5.78 Å². The van der Waals surface area contributed by atoms with Crippen LogP contribution >= 0.6 is 11.8 Å². The molecular weight excluding hydrogens is 520 g/mol. The third kappa shape index (κ3) is 8.08. The molecule has 3 unspecified atom stereocenters. The molecule has 1 aromatic rings. The zero-order chi connectivity index (χ0) is 27.6. The number of allylic oxidation sites excluding steroid dienone is 2. The molecule has 0 saturated carbocycles. The second kappa shape index (κ2) is 14.2. The lowest BCUT2D eigenvalue weighted by Gasteiger charge is -2.16. The third-order valence-corrected chi connectivity index (χ3v) is 8.62. The molecule has 1 aliphatic carbocycles. The molecule has 4 rings (SSSR count). The van der Waals surface area contributed by atoms with Gasteiger partial charge in [-0.25, -0.2) is 4.79 Å². The highest BCUT2D eigenvalue weighted by Crippen LogP contribution is 2.33. The maximum Gasteiger partial charge on any atom is 0.315 e. The van der Waals surface area contributed by atoms with Gasteiger partial charge in [-0.15, -0.1) is 0 Å². The Balaban J connectivity index is 0.963. The van der Waals surface area contributed by atoms with E-state index in [-0.39, 0.29) is 53.6 Å². The molecule has 2 aliphatic heterocycles. The van der Waals surface area contributed by atoms with Crippen molar-refractivity contribution in [1.29, 1.82) is 0 Å². The van der Waals surface area contributed by atoms with Gasteiger partial charge >= 0.3 is 6.03 Å². The molecule has 3 aliphatic rings. The number of fused-ring (bicyclic) bond motifs is 2. The lowest BCUT2D eigenvalue weighted by molar-refractivity contribution is -0.124. The summed E-state index contributed by atoms with van der Waals surface area (Å²) in [4.78, 5) is 60.1. The van der Waals surface area contributed by atoms with Gasteiger partial charge in [-0.2, -0.15) is 11.8 Å². The number of ketones is 2. The van der Waals surface area contributed by atoms with E-state index in [4.69, 9.17) is 4.74 Å². The number of thioether (sulfide) groups is 1. The number of amides is 4. The second-order valence-corrected chi connectivity index (χ2v) is 11.3. The average Bonchev–Trinajstić information content (AvgIpc) is 3.48. The molecule has 4 N–H and O–H groups in total. The fourth-order valence-corrected chi connectivity index (χ4v) is 6.56. The molecule has 2 fully saturated rings. The quantitative estimate of drug-likeness (QED) is 0.192. The van der Waals surface area contributed by atoms with Crippen molar-refractivity contribution in [2.24, 2.45) is 0 Å². The maximum atomic E-state index is 12.4. The standard InChI is InChI=1S/C28H36N4O6S/c33-21-15-22(27(36)19-10-4-3-9-18(19)21)38-16-25(35)30-14-8-2-1-7-13-29-24(34)12-6-5-11-23-26-20(17-39-23)31-28(37)32-26/h3-4,9-10,15,20,23,26H,1-2,5-8,11-14,16-17H2,(H,29,34)(H,30,35)(H2,31,32,37). The Morgan fingerprint density at radius 3 is 2.38 bits per heavy atom. The van der Waals surface area contributed by atoms with Crippen LogP contribution in [0, 0.1) is 0 Å². The molecule has 0 radical (unpaired) electrons. The first-order valence-corrected chi connectivity index (χ1v) is 14.7. The first kappa shape index (κ1) is 28.7. The minimum atomic E-state index is -0.399. The van der Waals surface area contributed by atoms with E-state index in [1.807, 2.05) is 11.8 Å². The van der Waals surface area contributed by atoms with Gasteiger partial charge in [0.05, 0.1) is 12.1 Å². The summed E-state index contributed by atoms with van der Waals surface area (Å²) in [6, 6.07) is 6.92. The van der Waals surface area contributed by atoms with Crippen molar-refractivity contribution < 1.29 is 28.7 Å². The van der Waals surface area contributed by atoms with Gasteiger partial charge in [0.1, 0.15) is 0 Å². The summed E-state index contributed by atoms with van der Waals surface area (Å²) in [5.74, 6) is -0.144. The van der Waals surface area contributed by atoms with Gasteiger partial charge in [-0.1, -0.05) is 43.5 Å². The summed E-state index contributed by atoms with van der Waals surface area (Å²) in [6.45, 7) is 0.807. The Labute approximate surface area is 232 Å². The van der Waals surface area contributed by atoms with Crippen molar-refractivity contribution in [3.63, 3.8) is 0 Å². The summed E-state index contributed by atoms with van der Waals surface area (Å²) < 4.78 is 5.32. The topological polar surface area (TPSA) is 143 Å². The van der Waals surface area contributed by atoms with E-state index in [1.165, 1.54) is 0 Å². The normalized spacial score (nSPS) is 21.4. The highest BCUT2D eigenvalue weighted by molar-refractivity contribution is 8.00. The number of hydrogen-bond donors (Lipinski definition) is 4. The fraction of sp³-hybridized carbons (Fsp3) is 0.536. The Kier molecular flexibility index (Phi) is 10.4. The van der Waals surface area contributed by atoms with Gasteiger partial charge in [0.2, 0.25) is 11.7 Å². The lowest BCUT2D eigenvalue weighted by atomic mass is 9.94. The number of hydrogen-bond acceptors (Lipinski definition) is 7. The lowest BCUT2D eigenvalue weighted by Crippen LogP contribution is -2.36. The summed E-state index contributed by atoms with van der Waals surface area (Å²) in [7, 11) is 0. The van der Waals surface area contributed by atoms with E-state index in [1.54, 1.807) is 24.3 Å². The molecule has 3 atom stereocenters. The van der Waals surface area contributed by atoms with Crippen molar-refractivity contribution >= 4 is 41.2 Å². The molecule has 11 heteroatoms. The number of urea groups is 1. The Hall–Kier alpha value is -3.34. The van der Waals surface area contributed by atoms with Crippen LogP contribution in [-0.2, 0) is 14.3 Å². The zero-order valence-electron chi connectivity index (χ0n) is 22.0. The first-order chi connectivity index (χ1) is 18.9. The van der Waals surface area contributed by atoms with Crippen LogP contribution in [0.15, 0.2) is 36.1 Å². The molecule has 39 heavy (non-hydrogen) atoms. The van der Waals surface area contributed by atoms with Crippen molar-refractivity contribution in [1.82, 2.24) is 21.3 Å². The molecule has 0 aromatic heterocycles. The molecule has 4 amide bonds. The summed E-state index contributed by atoms with van der Waals surface area (Å²) in [5, 5.41) is 12.1. The van der Waals surface area contributed by atoms with Crippen LogP contribution < -0.4 is 21.3 Å².